The Labute approximate surface area is 145 Å². The van der Waals surface area contributed by atoms with Gasteiger partial charge in [0.05, 0.1) is 12.2 Å². The number of piperidine rings is 1. The Balaban J connectivity index is 1.42. The van der Waals surface area contributed by atoms with Gasteiger partial charge in [-0.15, -0.1) is 5.10 Å². The number of rotatable bonds is 4. The molecule has 0 atom stereocenters. The average Bonchev–Trinajstić information content (AvgIpc) is 3.31. The summed E-state index contributed by atoms with van der Waals surface area (Å²) in [6, 6.07) is 6.01. The normalized spacial score (nSPS) is 16.8. The summed E-state index contributed by atoms with van der Waals surface area (Å²) in [5.41, 5.74) is 1.35. The van der Waals surface area contributed by atoms with E-state index in [1.807, 2.05) is 22.9 Å². The second-order valence-electron chi connectivity index (χ2n) is 6.41. The Morgan fingerprint density at radius 1 is 1.32 bits per heavy atom. The first-order chi connectivity index (χ1) is 12.2. The lowest BCUT2D eigenvalue weighted by Gasteiger charge is -2.22. The zero-order valence-electron chi connectivity index (χ0n) is 14.1. The maximum Gasteiger partial charge on any atom is 0.276 e. The van der Waals surface area contributed by atoms with E-state index in [1.165, 1.54) is 0 Å². The summed E-state index contributed by atoms with van der Waals surface area (Å²) in [6.45, 7) is 2.65. The van der Waals surface area contributed by atoms with Gasteiger partial charge in [0, 0.05) is 13.6 Å². The second-order valence-corrected chi connectivity index (χ2v) is 6.41. The predicted molar refractivity (Wildman–Crippen MR) is 89.5 cm³/mol. The number of hydrogen-bond acceptors (Lipinski definition) is 6. The van der Waals surface area contributed by atoms with Crippen LogP contribution in [-0.2, 0) is 6.54 Å². The van der Waals surface area contributed by atoms with Gasteiger partial charge in [-0.2, -0.15) is 0 Å². The van der Waals surface area contributed by atoms with Crippen LogP contribution < -0.4 is 14.8 Å². The van der Waals surface area contributed by atoms with Crippen LogP contribution in [0.1, 0.15) is 34.9 Å². The quantitative estimate of drug-likeness (QED) is 0.898. The first-order valence-corrected chi connectivity index (χ1v) is 8.47. The summed E-state index contributed by atoms with van der Waals surface area (Å²) in [4.78, 5) is 14.3. The molecule has 1 fully saturated rings. The highest BCUT2D eigenvalue weighted by molar-refractivity contribution is 5.91. The van der Waals surface area contributed by atoms with Crippen LogP contribution in [0.3, 0.4) is 0 Å². The highest BCUT2D eigenvalue weighted by Crippen LogP contribution is 2.32. The molecule has 0 spiro atoms. The minimum absolute atomic E-state index is 0.141. The highest BCUT2D eigenvalue weighted by Gasteiger charge is 2.21. The minimum atomic E-state index is -0.141. The lowest BCUT2D eigenvalue weighted by molar-refractivity contribution is 0.0779. The van der Waals surface area contributed by atoms with Gasteiger partial charge in [-0.1, -0.05) is 11.3 Å². The van der Waals surface area contributed by atoms with Crippen LogP contribution in [0.5, 0.6) is 11.5 Å². The molecular formula is C17H21N5O3. The third-order valence-electron chi connectivity index (χ3n) is 4.62. The Kier molecular flexibility index (Phi) is 4.27. The number of aromatic nitrogens is 3. The molecule has 0 radical (unpaired) electrons. The lowest BCUT2D eigenvalue weighted by Crippen LogP contribution is -2.29. The molecule has 1 amide bonds. The van der Waals surface area contributed by atoms with Crippen molar-refractivity contribution in [3.8, 4) is 11.5 Å². The average molecular weight is 343 g/mol. The summed E-state index contributed by atoms with van der Waals surface area (Å²) in [7, 11) is 1.76. The maximum atomic E-state index is 12.6. The van der Waals surface area contributed by atoms with Gasteiger partial charge in [0.2, 0.25) is 6.79 Å². The van der Waals surface area contributed by atoms with Crippen molar-refractivity contribution in [2.24, 2.45) is 0 Å². The van der Waals surface area contributed by atoms with Crippen molar-refractivity contribution in [3.05, 3.63) is 35.7 Å². The van der Waals surface area contributed by atoms with E-state index in [-0.39, 0.29) is 12.7 Å². The molecule has 0 saturated carbocycles. The van der Waals surface area contributed by atoms with Crippen LogP contribution >= 0.6 is 0 Å². The van der Waals surface area contributed by atoms with E-state index in [1.54, 1.807) is 18.1 Å². The van der Waals surface area contributed by atoms with E-state index < -0.39 is 0 Å². The Morgan fingerprint density at radius 3 is 2.96 bits per heavy atom. The fraction of sp³-hybridized carbons (Fsp3) is 0.471. The Morgan fingerprint density at radius 2 is 2.12 bits per heavy atom. The number of nitrogens with one attached hydrogen (secondary N) is 1. The molecule has 1 aromatic carbocycles. The molecule has 1 N–H and O–H groups in total. The predicted octanol–water partition coefficient (Wildman–Crippen LogP) is 1.20. The third-order valence-corrected chi connectivity index (χ3v) is 4.62. The number of benzene rings is 1. The van der Waals surface area contributed by atoms with E-state index in [4.69, 9.17) is 9.47 Å². The van der Waals surface area contributed by atoms with Crippen molar-refractivity contribution in [2.45, 2.75) is 25.4 Å². The molecule has 25 heavy (non-hydrogen) atoms. The molecule has 0 unspecified atom stereocenters. The summed E-state index contributed by atoms with van der Waals surface area (Å²) in [6.07, 6.45) is 3.77. The number of amides is 1. The van der Waals surface area contributed by atoms with Crippen molar-refractivity contribution in [3.63, 3.8) is 0 Å². The minimum Gasteiger partial charge on any atom is -0.454 e. The lowest BCUT2D eigenvalue weighted by atomic mass is 10.1. The molecule has 2 aliphatic rings. The van der Waals surface area contributed by atoms with E-state index in [0.717, 1.165) is 43.0 Å². The van der Waals surface area contributed by atoms with E-state index in [9.17, 15) is 4.79 Å². The molecule has 8 nitrogen and oxygen atoms in total. The van der Waals surface area contributed by atoms with Gasteiger partial charge in [-0.3, -0.25) is 4.79 Å². The van der Waals surface area contributed by atoms with Crippen LogP contribution in [0.2, 0.25) is 0 Å². The molecular weight excluding hydrogens is 322 g/mol. The van der Waals surface area contributed by atoms with Crippen molar-refractivity contribution >= 4 is 5.91 Å². The highest BCUT2D eigenvalue weighted by atomic mass is 16.7. The number of hydrogen-bond donors (Lipinski definition) is 1. The van der Waals surface area contributed by atoms with Crippen molar-refractivity contribution in [1.82, 2.24) is 25.2 Å². The van der Waals surface area contributed by atoms with Gasteiger partial charge in [0.15, 0.2) is 17.2 Å². The first kappa shape index (κ1) is 15.9. The number of carbonyl (C=O) groups is 1. The van der Waals surface area contributed by atoms with Crippen molar-refractivity contribution in [2.75, 3.05) is 26.9 Å². The zero-order valence-corrected chi connectivity index (χ0v) is 14.1. The molecule has 4 rings (SSSR count). The summed E-state index contributed by atoms with van der Waals surface area (Å²) in [5, 5.41) is 11.5. The molecule has 1 aromatic heterocycles. The van der Waals surface area contributed by atoms with Crippen LogP contribution in [-0.4, -0.2) is 52.7 Å². The van der Waals surface area contributed by atoms with Gasteiger partial charge < -0.3 is 19.7 Å². The molecule has 1 saturated heterocycles. The van der Waals surface area contributed by atoms with Gasteiger partial charge in [0.25, 0.3) is 5.91 Å². The number of fused-ring (bicyclic) bond motifs is 1. The van der Waals surface area contributed by atoms with Crippen LogP contribution in [0.15, 0.2) is 24.4 Å². The molecule has 132 valence electrons. The second kappa shape index (κ2) is 6.72. The Hall–Kier alpha value is -2.61. The van der Waals surface area contributed by atoms with Gasteiger partial charge >= 0.3 is 0 Å². The number of ether oxygens (including phenoxy) is 2. The van der Waals surface area contributed by atoms with Gasteiger partial charge in [-0.25, -0.2) is 4.68 Å². The smallest absolute Gasteiger partial charge is 0.276 e. The third kappa shape index (κ3) is 3.30. The fourth-order valence-corrected chi connectivity index (χ4v) is 3.20. The molecule has 2 aromatic rings. The zero-order chi connectivity index (χ0) is 17.2. The Bertz CT molecular complexity index is 769. The standard InChI is InChI=1S/C17H21N5O3/c1-21(9-12-2-3-15-16(8-12)25-11-24-15)17(23)14-10-22(20-19-14)13-4-6-18-7-5-13/h2-3,8,10,13,18H,4-7,9,11H2,1H3. The van der Waals surface area contributed by atoms with Crippen LogP contribution in [0, 0.1) is 0 Å². The van der Waals surface area contributed by atoms with Crippen LogP contribution in [0.25, 0.3) is 0 Å². The largest absolute Gasteiger partial charge is 0.454 e. The molecule has 8 heteroatoms. The van der Waals surface area contributed by atoms with Crippen LogP contribution in [0.4, 0.5) is 0 Å². The van der Waals surface area contributed by atoms with Crippen molar-refractivity contribution in [1.29, 1.82) is 0 Å². The van der Waals surface area contributed by atoms with E-state index in [0.29, 0.717) is 18.3 Å². The topological polar surface area (TPSA) is 81.5 Å². The molecule has 0 aliphatic carbocycles. The molecule has 0 bridgehead atoms. The fourth-order valence-electron chi connectivity index (χ4n) is 3.20. The van der Waals surface area contributed by atoms with E-state index in [2.05, 4.69) is 15.6 Å². The number of nitrogens with zero attached hydrogens (tertiary/aromatic N) is 4. The summed E-state index contributed by atoms with van der Waals surface area (Å²) >= 11 is 0. The molecule has 2 aliphatic heterocycles. The SMILES string of the molecule is CN(Cc1ccc2c(c1)OCO2)C(=O)c1cn(C2CCNCC2)nn1. The van der Waals surface area contributed by atoms with Gasteiger partial charge in [-0.05, 0) is 43.6 Å². The van der Waals surface area contributed by atoms with Gasteiger partial charge in [0.1, 0.15) is 0 Å². The first-order valence-electron chi connectivity index (χ1n) is 8.47. The summed E-state index contributed by atoms with van der Waals surface area (Å²) in [5.74, 6) is 1.32. The summed E-state index contributed by atoms with van der Waals surface area (Å²) < 4.78 is 12.5. The monoisotopic (exact) mass is 343 g/mol. The van der Waals surface area contributed by atoms with E-state index >= 15 is 0 Å². The number of carbonyl (C=O) groups excluding carboxylic acids is 1. The molecule has 3 heterocycles. The maximum absolute atomic E-state index is 12.6. The van der Waals surface area contributed by atoms with Crippen molar-refractivity contribution < 1.29 is 14.3 Å².